The van der Waals surface area contributed by atoms with E-state index in [0.717, 1.165) is 17.0 Å². The Hall–Kier alpha value is -5.62. The van der Waals surface area contributed by atoms with Crippen LogP contribution in [0.5, 0.6) is 11.5 Å². The lowest BCUT2D eigenvalue weighted by Gasteiger charge is -2.12. The molecule has 0 aliphatic rings. The summed E-state index contributed by atoms with van der Waals surface area (Å²) in [6.45, 7) is 3.26. The van der Waals surface area contributed by atoms with Crippen molar-refractivity contribution in [3.63, 3.8) is 0 Å². The Morgan fingerprint density at radius 1 is 0.923 bits per heavy atom. The molecule has 0 spiro atoms. The molecule has 0 fully saturated rings. The molecule has 0 unspecified atom stereocenters. The molecule has 39 heavy (non-hydrogen) atoms. The van der Waals surface area contributed by atoms with Crippen molar-refractivity contribution in [3.05, 3.63) is 108 Å². The molecule has 2 heterocycles. The number of anilines is 4. The summed E-state index contributed by atoms with van der Waals surface area (Å²) in [6.07, 6.45) is 3.17. The number of nitriles is 1. The van der Waals surface area contributed by atoms with Crippen LogP contribution >= 0.6 is 0 Å². The normalized spacial score (nSPS) is 10.5. The van der Waals surface area contributed by atoms with Gasteiger partial charge in [0.15, 0.2) is 0 Å². The summed E-state index contributed by atoms with van der Waals surface area (Å²) >= 11 is 0. The molecule has 0 bridgehead atoms. The van der Waals surface area contributed by atoms with Gasteiger partial charge in [0, 0.05) is 29.4 Å². The molecule has 5 aromatic rings. The lowest BCUT2D eigenvalue weighted by molar-refractivity contribution is -0.114. The number of hydrogen-bond acceptors (Lipinski definition) is 6. The number of nitrogens with zero attached hydrogens (tertiary/aromatic N) is 3. The van der Waals surface area contributed by atoms with Gasteiger partial charge < -0.3 is 20.7 Å². The van der Waals surface area contributed by atoms with E-state index in [1.165, 1.54) is 13.1 Å². The van der Waals surface area contributed by atoms with Crippen LogP contribution in [0, 0.1) is 18.3 Å². The molecule has 5 rings (SSSR count). The van der Waals surface area contributed by atoms with Gasteiger partial charge in [-0.25, -0.2) is 4.52 Å². The van der Waals surface area contributed by atoms with Gasteiger partial charge in [0.05, 0.1) is 34.8 Å². The Bertz CT molecular complexity index is 1720. The van der Waals surface area contributed by atoms with Gasteiger partial charge in [-0.2, -0.15) is 10.4 Å². The monoisotopic (exact) mass is 516 g/mol. The summed E-state index contributed by atoms with van der Waals surface area (Å²) in [7, 11) is 0. The van der Waals surface area contributed by atoms with Crippen LogP contribution in [-0.2, 0) is 4.79 Å². The number of rotatable bonds is 7. The highest BCUT2D eigenvalue weighted by Crippen LogP contribution is 2.33. The first kappa shape index (κ1) is 25.0. The SMILES string of the molecule is CC(=O)Nc1cccc(C(=O)Nc2cn3ncc(C#N)c(Nc4ccc(Oc5ccccc5)cc4)c3c2C)c1. The molecule has 2 aromatic heterocycles. The maximum absolute atomic E-state index is 13.0. The molecule has 3 N–H and O–H groups in total. The summed E-state index contributed by atoms with van der Waals surface area (Å²) in [5.41, 5.74) is 4.52. The molecule has 0 radical (unpaired) electrons. The Kier molecular flexibility index (Phi) is 6.92. The van der Waals surface area contributed by atoms with Gasteiger partial charge in [-0.3, -0.25) is 9.59 Å². The Morgan fingerprint density at radius 2 is 1.67 bits per heavy atom. The number of fused-ring (bicyclic) bond motifs is 1. The summed E-state index contributed by atoms with van der Waals surface area (Å²) < 4.78 is 7.49. The van der Waals surface area contributed by atoms with Crippen LogP contribution in [0.3, 0.4) is 0 Å². The van der Waals surface area contributed by atoms with Crippen molar-refractivity contribution in [3.8, 4) is 17.6 Å². The van der Waals surface area contributed by atoms with Gasteiger partial charge in [-0.1, -0.05) is 24.3 Å². The third-order valence-electron chi connectivity index (χ3n) is 5.97. The molecule has 3 aromatic carbocycles. The molecule has 9 heteroatoms. The van der Waals surface area contributed by atoms with Crippen LogP contribution in [0.25, 0.3) is 5.52 Å². The zero-order valence-electron chi connectivity index (χ0n) is 21.2. The first-order chi connectivity index (χ1) is 18.9. The fourth-order valence-corrected chi connectivity index (χ4v) is 4.14. The number of carbonyl (C=O) groups excluding carboxylic acids is 2. The second kappa shape index (κ2) is 10.8. The van der Waals surface area contributed by atoms with Crippen molar-refractivity contribution in [1.29, 1.82) is 5.26 Å². The average Bonchev–Trinajstić information content (AvgIpc) is 3.25. The quantitative estimate of drug-likeness (QED) is 0.235. The van der Waals surface area contributed by atoms with Crippen molar-refractivity contribution < 1.29 is 14.3 Å². The topological polar surface area (TPSA) is 121 Å². The van der Waals surface area contributed by atoms with Gasteiger partial charge in [0.2, 0.25) is 5.91 Å². The number of benzene rings is 3. The molecule has 0 aliphatic heterocycles. The van der Waals surface area contributed by atoms with E-state index >= 15 is 0 Å². The molecule has 0 aliphatic carbocycles. The van der Waals surface area contributed by atoms with Crippen LogP contribution in [0.15, 0.2) is 91.3 Å². The third kappa shape index (κ3) is 5.55. The Labute approximate surface area is 224 Å². The summed E-state index contributed by atoms with van der Waals surface area (Å²) in [5.74, 6) is 0.852. The minimum absolute atomic E-state index is 0.222. The Morgan fingerprint density at radius 3 is 2.38 bits per heavy atom. The standard InChI is InChI=1S/C30H24N6O3/c1-19-27(35-30(38)21-7-6-8-24(15-21)33-20(2)37)18-36-29(19)28(22(16-31)17-32-36)34-23-11-13-26(14-12-23)39-25-9-4-3-5-10-25/h3-15,17-18,34H,1-2H3,(H,33,37)(H,35,38). The minimum Gasteiger partial charge on any atom is -0.457 e. The third-order valence-corrected chi connectivity index (χ3v) is 5.97. The molecule has 9 nitrogen and oxygen atoms in total. The number of hydrogen-bond donors (Lipinski definition) is 3. The van der Waals surface area contributed by atoms with E-state index in [9.17, 15) is 14.9 Å². The predicted octanol–water partition coefficient (Wildman–Crippen LogP) is 6.26. The van der Waals surface area contributed by atoms with Crippen LogP contribution in [0.1, 0.15) is 28.4 Å². The first-order valence-electron chi connectivity index (χ1n) is 12.1. The number of nitrogens with one attached hydrogen (secondary N) is 3. The van der Waals surface area contributed by atoms with Crippen molar-refractivity contribution in [2.24, 2.45) is 0 Å². The fourth-order valence-electron chi connectivity index (χ4n) is 4.14. The van der Waals surface area contributed by atoms with Gasteiger partial charge in [0.25, 0.3) is 5.91 Å². The molecule has 2 amide bonds. The summed E-state index contributed by atoms with van der Waals surface area (Å²) in [5, 5.41) is 23.1. The highest BCUT2D eigenvalue weighted by atomic mass is 16.5. The fraction of sp³-hybridized carbons (Fsp3) is 0.0667. The molecule has 0 atom stereocenters. The maximum atomic E-state index is 13.0. The zero-order chi connectivity index (χ0) is 27.4. The smallest absolute Gasteiger partial charge is 0.255 e. The highest BCUT2D eigenvalue weighted by Gasteiger charge is 2.18. The van der Waals surface area contributed by atoms with Crippen LogP contribution < -0.4 is 20.7 Å². The molecule has 0 saturated heterocycles. The van der Waals surface area contributed by atoms with Gasteiger partial charge in [-0.05, 0) is 61.5 Å². The van der Waals surface area contributed by atoms with Crippen molar-refractivity contribution in [1.82, 2.24) is 9.61 Å². The van der Waals surface area contributed by atoms with E-state index in [0.29, 0.717) is 39.5 Å². The lowest BCUT2D eigenvalue weighted by Crippen LogP contribution is -2.13. The number of para-hydroxylation sites is 1. The van der Waals surface area contributed by atoms with E-state index in [1.807, 2.05) is 61.5 Å². The van der Waals surface area contributed by atoms with E-state index in [2.05, 4.69) is 27.1 Å². The second-order valence-electron chi connectivity index (χ2n) is 8.79. The Balaban J connectivity index is 1.41. The zero-order valence-corrected chi connectivity index (χ0v) is 21.2. The van der Waals surface area contributed by atoms with Crippen LogP contribution in [0.2, 0.25) is 0 Å². The van der Waals surface area contributed by atoms with E-state index < -0.39 is 0 Å². The summed E-state index contributed by atoms with van der Waals surface area (Å²) in [4.78, 5) is 24.4. The van der Waals surface area contributed by atoms with Crippen LogP contribution in [0.4, 0.5) is 22.7 Å². The maximum Gasteiger partial charge on any atom is 0.255 e. The van der Waals surface area contributed by atoms with Gasteiger partial charge in [-0.15, -0.1) is 0 Å². The van der Waals surface area contributed by atoms with Crippen molar-refractivity contribution in [2.45, 2.75) is 13.8 Å². The molecular weight excluding hydrogens is 492 g/mol. The van der Waals surface area contributed by atoms with Crippen molar-refractivity contribution in [2.75, 3.05) is 16.0 Å². The number of amides is 2. The van der Waals surface area contributed by atoms with Gasteiger partial charge >= 0.3 is 0 Å². The molecular formula is C30H24N6O3. The number of carbonyl (C=O) groups is 2. The van der Waals surface area contributed by atoms with E-state index in [-0.39, 0.29) is 11.8 Å². The number of ether oxygens (including phenoxy) is 1. The number of aryl methyl sites for hydroxylation is 1. The largest absolute Gasteiger partial charge is 0.457 e. The van der Waals surface area contributed by atoms with Crippen molar-refractivity contribution >= 4 is 40.1 Å². The molecule has 0 saturated carbocycles. The number of aromatic nitrogens is 2. The average molecular weight is 517 g/mol. The predicted molar refractivity (Wildman–Crippen MR) is 150 cm³/mol. The molecule has 192 valence electrons. The summed E-state index contributed by atoms with van der Waals surface area (Å²) in [6, 6.07) is 25.8. The first-order valence-corrected chi connectivity index (χ1v) is 12.1. The van der Waals surface area contributed by atoms with Crippen LogP contribution in [-0.4, -0.2) is 21.4 Å². The lowest BCUT2D eigenvalue weighted by atomic mass is 10.1. The minimum atomic E-state index is -0.342. The van der Waals surface area contributed by atoms with E-state index in [4.69, 9.17) is 4.74 Å². The second-order valence-corrected chi connectivity index (χ2v) is 8.79. The van der Waals surface area contributed by atoms with Gasteiger partial charge in [0.1, 0.15) is 17.6 Å². The highest BCUT2D eigenvalue weighted by molar-refractivity contribution is 6.06. The van der Waals surface area contributed by atoms with E-state index in [1.54, 1.807) is 35.0 Å².